The lowest BCUT2D eigenvalue weighted by Gasteiger charge is -2.24. The van der Waals surface area contributed by atoms with Gasteiger partial charge in [0.25, 0.3) is 0 Å². The van der Waals surface area contributed by atoms with Crippen LogP contribution in [0.3, 0.4) is 0 Å². The summed E-state index contributed by atoms with van der Waals surface area (Å²) in [5.74, 6) is 0.961. The number of ether oxygens (including phenoxy) is 1. The molecule has 1 aliphatic carbocycles. The van der Waals surface area contributed by atoms with E-state index in [1.165, 1.54) is 43.4 Å². The summed E-state index contributed by atoms with van der Waals surface area (Å²) in [4.78, 5) is 0. The molecule has 0 N–H and O–H groups in total. The van der Waals surface area contributed by atoms with Gasteiger partial charge in [-0.25, -0.2) is 8.42 Å². The predicted octanol–water partition coefficient (Wildman–Crippen LogP) is 3.80. The molecule has 4 rings (SSSR count). The zero-order valence-corrected chi connectivity index (χ0v) is 18.1. The van der Waals surface area contributed by atoms with E-state index < -0.39 is 10.0 Å². The number of unbranched alkanes of at least 4 members (excludes halogenated alkanes) is 1. The first-order valence-corrected chi connectivity index (χ1v) is 12.9. The molecule has 0 bridgehead atoms. The molecule has 3 aliphatic rings. The standard InChI is InChI=1S/C21H35N3O3S/c1-2-3-14-28(25,26)24-12-7-10-20(24)21-18-16-27-13-11-19(18)23(22-21)15-17-8-5-4-6-9-17/h17,20H,2-16H2,1H3. The summed E-state index contributed by atoms with van der Waals surface area (Å²) in [6.45, 7) is 4.97. The molecular weight excluding hydrogens is 374 g/mol. The van der Waals surface area contributed by atoms with Crippen molar-refractivity contribution in [3.63, 3.8) is 0 Å². The van der Waals surface area contributed by atoms with Crippen molar-refractivity contribution in [3.05, 3.63) is 17.0 Å². The van der Waals surface area contributed by atoms with E-state index in [9.17, 15) is 8.42 Å². The van der Waals surface area contributed by atoms with E-state index in [1.807, 2.05) is 6.92 Å². The number of nitrogens with zero attached hydrogens (tertiary/aromatic N) is 3. The van der Waals surface area contributed by atoms with Crippen LogP contribution < -0.4 is 0 Å². The fraction of sp³-hybridized carbons (Fsp3) is 0.857. The molecule has 1 aromatic heterocycles. The first kappa shape index (κ1) is 20.4. The topological polar surface area (TPSA) is 64.4 Å². The molecule has 0 spiro atoms. The Balaban J connectivity index is 1.61. The van der Waals surface area contributed by atoms with Gasteiger partial charge >= 0.3 is 0 Å². The fourth-order valence-electron chi connectivity index (χ4n) is 5.16. The lowest BCUT2D eigenvalue weighted by Crippen LogP contribution is -2.33. The van der Waals surface area contributed by atoms with Crippen molar-refractivity contribution in [1.82, 2.24) is 14.1 Å². The first-order valence-electron chi connectivity index (χ1n) is 11.3. The second kappa shape index (κ2) is 8.84. The number of aromatic nitrogens is 2. The zero-order chi connectivity index (χ0) is 19.6. The van der Waals surface area contributed by atoms with E-state index in [0.717, 1.165) is 50.9 Å². The highest BCUT2D eigenvalue weighted by Crippen LogP contribution is 2.38. The molecule has 158 valence electrons. The molecule has 7 heteroatoms. The van der Waals surface area contributed by atoms with Crippen LogP contribution in [-0.2, 0) is 34.3 Å². The lowest BCUT2D eigenvalue weighted by molar-refractivity contribution is 0.107. The molecule has 1 aromatic rings. The molecule has 1 unspecified atom stereocenters. The van der Waals surface area contributed by atoms with Crippen molar-refractivity contribution < 1.29 is 13.2 Å². The Bertz CT molecular complexity index is 768. The maximum absolute atomic E-state index is 12.9. The molecular formula is C21H35N3O3S. The zero-order valence-electron chi connectivity index (χ0n) is 17.2. The van der Waals surface area contributed by atoms with Gasteiger partial charge in [-0.3, -0.25) is 4.68 Å². The summed E-state index contributed by atoms with van der Waals surface area (Å²) < 4.78 is 35.6. The van der Waals surface area contributed by atoms with Crippen LogP contribution in [0.1, 0.15) is 87.7 Å². The number of hydrogen-bond donors (Lipinski definition) is 0. The fourth-order valence-corrected chi connectivity index (χ4v) is 7.05. The van der Waals surface area contributed by atoms with Crippen LogP contribution in [0.4, 0.5) is 0 Å². The molecule has 1 saturated carbocycles. The van der Waals surface area contributed by atoms with E-state index in [1.54, 1.807) is 4.31 Å². The quantitative estimate of drug-likeness (QED) is 0.687. The van der Waals surface area contributed by atoms with Crippen LogP contribution >= 0.6 is 0 Å². The Morgan fingerprint density at radius 2 is 1.96 bits per heavy atom. The van der Waals surface area contributed by atoms with Crippen LogP contribution in [0.5, 0.6) is 0 Å². The molecule has 0 radical (unpaired) electrons. The molecule has 0 aromatic carbocycles. The van der Waals surface area contributed by atoms with Gasteiger partial charge < -0.3 is 4.74 Å². The minimum absolute atomic E-state index is 0.107. The smallest absolute Gasteiger partial charge is 0.214 e. The van der Waals surface area contributed by atoms with Crippen LogP contribution in [0.15, 0.2) is 0 Å². The third kappa shape index (κ3) is 4.17. The van der Waals surface area contributed by atoms with E-state index in [2.05, 4.69) is 4.68 Å². The maximum atomic E-state index is 12.9. The Kier molecular flexibility index (Phi) is 6.43. The van der Waals surface area contributed by atoms with Crippen LogP contribution in [0.25, 0.3) is 0 Å². The van der Waals surface area contributed by atoms with Crippen molar-refractivity contribution in [2.45, 2.75) is 90.3 Å². The minimum Gasteiger partial charge on any atom is -0.376 e. The molecule has 28 heavy (non-hydrogen) atoms. The second-order valence-electron chi connectivity index (χ2n) is 8.74. The maximum Gasteiger partial charge on any atom is 0.214 e. The molecule has 2 aliphatic heterocycles. The average Bonchev–Trinajstić information content (AvgIpc) is 3.33. The summed E-state index contributed by atoms with van der Waals surface area (Å²) in [7, 11) is -3.22. The summed E-state index contributed by atoms with van der Waals surface area (Å²) in [6, 6.07) is -0.107. The molecule has 1 saturated heterocycles. The number of sulfonamides is 1. The highest BCUT2D eigenvalue weighted by atomic mass is 32.2. The van der Waals surface area contributed by atoms with Gasteiger partial charge in [-0.2, -0.15) is 9.40 Å². The molecule has 2 fully saturated rings. The monoisotopic (exact) mass is 409 g/mol. The van der Waals surface area contributed by atoms with E-state index >= 15 is 0 Å². The van der Waals surface area contributed by atoms with Gasteiger partial charge in [-0.15, -0.1) is 0 Å². The minimum atomic E-state index is -3.22. The van der Waals surface area contributed by atoms with Gasteiger partial charge in [0, 0.05) is 30.8 Å². The van der Waals surface area contributed by atoms with Crippen molar-refractivity contribution in [3.8, 4) is 0 Å². The Hall–Kier alpha value is -0.920. The third-order valence-electron chi connectivity index (χ3n) is 6.72. The van der Waals surface area contributed by atoms with Crippen molar-refractivity contribution in [2.75, 3.05) is 18.9 Å². The van der Waals surface area contributed by atoms with Crippen molar-refractivity contribution in [1.29, 1.82) is 0 Å². The number of rotatable bonds is 7. The van der Waals surface area contributed by atoms with E-state index in [4.69, 9.17) is 9.84 Å². The normalized spacial score (nSPS) is 24.5. The summed E-state index contributed by atoms with van der Waals surface area (Å²) in [6.07, 6.45) is 10.9. The Labute approximate surface area is 169 Å². The third-order valence-corrected chi connectivity index (χ3v) is 8.67. The van der Waals surface area contributed by atoms with Gasteiger partial charge in [0.05, 0.1) is 30.7 Å². The summed E-state index contributed by atoms with van der Waals surface area (Å²) in [5, 5.41) is 5.04. The second-order valence-corrected chi connectivity index (χ2v) is 10.8. The number of fused-ring (bicyclic) bond motifs is 1. The molecule has 0 amide bonds. The first-order chi connectivity index (χ1) is 13.6. The largest absolute Gasteiger partial charge is 0.376 e. The average molecular weight is 410 g/mol. The van der Waals surface area contributed by atoms with Gasteiger partial charge in [0.1, 0.15) is 0 Å². The molecule has 6 nitrogen and oxygen atoms in total. The Morgan fingerprint density at radius 3 is 2.75 bits per heavy atom. The Morgan fingerprint density at radius 1 is 1.14 bits per heavy atom. The SMILES string of the molecule is CCCCS(=O)(=O)N1CCCC1c1nn(CC2CCCCC2)c2c1COCC2. The van der Waals surface area contributed by atoms with E-state index in [-0.39, 0.29) is 11.8 Å². The van der Waals surface area contributed by atoms with E-state index in [0.29, 0.717) is 19.1 Å². The summed E-state index contributed by atoms with van der Waals surface area (Å²) in [5.41, 5.74) is 3.44. The molecule has 3 heterocycles. The van der Waals surface area contributed by atoms with Gasteiger partial charge in [-0.1, -0.05) is 32.6 Å². The predicted molar refractivity (Wildman–Crippen MR) is 110 cm³/mol. The van der Waals surface area contributed by atoms with Crippen LogP contribution in [-0.4, -0.2) is 41.4 Å². The highest BCUT2D eigenvalue weighted by molar-refractivity contribution is 7.89. The number of hydrogen-bond acceptors (Lipinski definition) is 4. The van der Waals surface area contributed by atoms with Crippen LogP contribution in [0.2, 0.25) is 0 Å². The van der Waals surface area contributed by atoms with Crippen molar-refractivity contribution >= 4 is 10.0 Å². The summed E-state index contributed by atoms with van der Waals surface area (Å²) >= 11 is 0. The van der Waals surface area contributed by atoms with Crippen LogP contribution in [0, 0.1) is 5.92 Å². The van der Waals surface area contributed by atoms with Crippen molar-refractivity contribution in [2.24, 2.45) is 5.92 Å². The highest BCUT2D eigenvalue weighted by Gasteiger charge is 2.39. The van der Waals surface area contributed by atoms with Gasteiger partial charge in [-0.05, 0) is 38.0 Å². The lowest BCUT2D eigenvalue weighted by atomic mass is 9.89. The van der Waals surface area contributed by atoms with Gasteiger partial charge in [0.15, 0.2) is 0 Å². The molecule has 1 atom stereocenters. The van der Waals surface area contributed by atoms with Gasteiger partial charge in [0.2, 0.25) is 10.0 Å².